The molecule has 7 nitrogen and oxygen atoms in total. The zero-order valence-electron chi connectivity index (χ0n) is 11.6. The molecule has 4 N–H and O–H groups in total. The molecule has 1 unspecified atom stereocenters. The van der Waals surface area contributed by atoms with Crippen LogP contribution >= 0.6 is 11.3 Å². The van der Waals surface area contributed by atoms with Crippen molar-refractivity contribution in [3.8, 4) is 0 Å². The first kappa shape index (κ1) is 15.0. The summed E-state index contributed by atoms with van der Waals surface area (Å²) in [7, 11) is 3.12. The summed E-state index contributed by atoms with van der Waals surface area (Å²) in [6.45, 7) is 0.375. The molecule has 1 heterocycles. The number of aliphatic hydroxyl groups is 1. The molecule has 0 aromatic carbocycles. The quantitative estimate of drug-likeness (QED) is 0.673. The minimum Gasteiger partial charge on any atom is -0.389 e. The van der Waals surface area contributed by atoms with Crippen molar-refractivity contribution in [2.24, 2.45) is 0 Å². The lowest BCUT2D eigenvalue weighted by Gasteiger charge is -2.19. The van der Waals surface area contributed by atoms with Gasteiger partial charge in [0, 0.05) is 26.7 Å². The molecule has 0 aliphatic heterocycles. The number of anilines is 2. The van der Waals surface area contributed by atoms with Gasteiger partial charge in [0.1, 0.15) is 10.7 Å². The third-order valence-electron chi connectivity index (χ3n) is 2.94. The predicted octanol–water partition coefficient (Wildman–Crippen LogP) is 0.379. The third kappa shape index (κ3) is 3.81. The Labute approximate surface area is 121 Å². The molecule has 2 rings (SSSR count). The van der Waals surface area contributed by atoms with Crippen molar-refractivity contribution in [1.29, 1.82) is 0 Å². The molecule has 8 heteroatoms. The lowest BCUT2D eigenvalue weighted by Crippen LogP contribution is -2.36. The van der Waals surface area contributed by atoms with Crippen LogP contribution in [-0.2, 0) is 4.74 Å². The van der Waals surface area contributed by atoms with Gasteiger partial charge in [-0.25, -0.2) is 4.98 Å². The number of carbonyl (C=O) groups excluding carboxylic acids is 1. The number of ether oxygens (including phenoxy) is 1. The number of nitrogens with one attached hydrogen (secondary N) is 1. The highest BCUT2D eigenvalue weighted by atomic mass is 32.1. The van der Waals surface area contributed by atoms with Gasteiger partial charge in [-0.1, -0.05) is 11.3 Å². The lowest BCUT2D eigenvalue weighted by atomic mass is 10.3. The summed E-state index contributed by atoms with van der Waals surface area (Å²) in [5.74, 6) is -0.00442. The number of nitrogens with zero attached hydrogens (tertiary/aromatic N) is 2. The van der Waals surface area contributed by atoms with Crippen LogP contribution in [0.15, 0.2) is 0 Å². The van der Waals surface area contributed by atoms with Gasteiger partial charge >= 0.3 is 0 Å². The molecule has 20 heavy (non-hydrogen) atoms. The largest absolute Gasteiger partial charge is 0.389 e. The van der Waals surface area contributed by atoms with Crippen LogP contribution in [0.1, 0.15) is 22.5 Å². The van der Waals surface area contributed by atoms with Crippen LogP contribution in [0, 0.1) is 0 Å². The van der Waals surface area contributed by atoms with Crippen molar-refractivity contribution < 1.29 is 14.6 Å². The van der Waals surface area contributed by atoms with Gasteiger partial charge in [-0.15, -0.1) is 0 Å². The van der Waals surface area contributed by atoms with E-state index in [1.807, 2.05) is 0 Å². The summed E-state index contributed by atoms with van der Waals surface area (Å²) < 4.78 is 4.84. The molecule has 0 saturated heterocycles. The number of hydrogen-bond donors (Lipinski definition) is 3. The van der Waals surface area contributed by atoms with Crippen LogP contribution in [0.2, 0.25) is 0 Å². The average Bonchev–Trinajstić information content (AvgIpc) is 3.11. The predicted molar refractivity (Wildman–Crippen MR) is 78.0 cm³/mol. The van der Waals surface area contributed by atoms with Crippen molar-refractivity contribution >= 4 is 28.2 Å². The van der Waals surface area contributed by atoms with Crippen LogP contribution in [0.3, 0.4) is 0 Å². The number of aliphatic hydroxyl groups excluding tert-OH is 1. The SMILES string of the molecule is COCC(O)CN(C)C(=O)c1sc(NC2CC2)nc1N. The Balaban J connectivity index is 1.98. The van der Waals surface area contributed by atoms with E-state index in [0.29, 0.717) is 16.1 Å². The molecule has 0 radical (unpaired) electrons. The highest BCUT2D eigenvalue weighted by Gasteiger charge is 2.25. The molecule has 112 valence electrons. The molecular formula is C12H20N4O3S. The maximum atomic E-state index is 12.3. The Morgan fingerprint density at radius 3 is 3.00 bits per heavy atom. The smallest absolute Gasteiger partial charge is 0.267 e. The van der Waals surface area contributed by atoms with Crippen LogP contribution in [0.5, 0.6) is 0 Å². The molecule has 1 aromatic rings. The second-order valence-corrected chi connectivity index (χ2v) is 5.95. The molecule has 1 saturated carbocycles. The van der Waals surface area contributed by atoms with E-state index in [-0.39, 0.29) is 24.9 Å². The van der Waals surface area contributed by atoms with E-state index in [1.54, 1.807) is 7.05 Å². The summed E-state index contributed by atoms with van der Waals surface area (Å²) in [6.07, 6.45) is 1.55. The maximum absolute atomic E-state index is 12.3. The molecule has 1 aromatic heterocycles. The molecule has 1 amide bonds. The Morgan fingerprint density at radius 2 is 2.40 bits per heavy atom. The average molecular weight is 300 g/mol. The number of thiazole rings is 1. The Hall–Kier alpha value is -1.38. The van der Waals surface area contributed by atoms with E-state index in [1.165, 1.54) is 23.3 Å². The fraction of sp³-hybridized carbons (Fsp3) is 0.667. The number of likely N-dealkylation sites (N-methyl/N-ethyl adjacent to an activating group) is 1. The topological polar surface area (TPSA) is 101 Å². The summed E-state index contributed by atoms with van der Waals surface area (Å²) >= 11 is 1.25. The molecule has 0 bridgehead atoms. The van der Waals surface area contributed by atoms with Crippen molar-refractivity contribution in [2.45, 2.75) is 25.0 Å². The second kappa shape index (κ2) is 6.38. The van der Waals surface area contributed by atoms with Gasteiger partial charge in [-0.05, 0) is 12.8 Å². The highest BCUT2D eigenvalue weighted by Crippen LogP contribution is 2.31. The van der Waals surface area contributed by atoms with E-state index in [0.717, 1.165) is 12.8 Å². The minimum absolute atomic E-state index is 0.185. The van der Waals surface area contributed by atoms with Crippen LogP contribution in [-0.4, -0.2) is 60.4 Å². The number of aromatic nitrogens is 1. The van der Waals surface area contributed by atoms with E-state index in [9.17, 15) is 9.90 Å². The first-order chi connectivity index (χ1) is 9.51. The normalized spacial score (nSPS) is 15.9. The summed E-state index contributed by atoms with van der Waals surface area (Å²) in [5, 5.41) is 13.5. The van der Waals surface area contributed by atoms with Gasteiger partial charge in [-0.2, -0.15) is 0 Å². The Bertz CT molecular complexity index is 475. The van der Waals surface area contributed by atoms with E-state index in [2.05, 4.69) is 10.3 Å². The number of nitrogens with two attached hydrogens (primary N) is 1. The monoisotopic (exact) mass is 300 g/mol. The fourth-order valence-electron chi connectivity index (χ4n) is 1.77. The second-order valence-electron chi connectivity index (χ2n) is 4.95. The summed E-state index contributed by atoms with van der Waals surface area (Å²) in [5.41, 5.74) is 5.79. The zero-order valence-corrected chi connectivity index (χ0v) is 12.4. The number of amides is 1. The molecule has 0 spiro atoms. The lowest BCUT2D eigenvalue weighted by molar-refractivity contribution is 0.0382. The maximum Gasteiger partial charge on any atom is 0.267 e. The van der Waals surface area contributed by atoms with Crippen LogP contribution < -0.4 is 11.1 Å². The van der Waals surface area contributed by atoms with Gasteiger partial charge < -0.3 is 25.8 Å². The molecule has 1 aliphatic carbocycles. The molecule has 1 fully saturated rings. The van der Waals surface area contributed by atoms with E-state index < -0.39 is 6.10 Å². The molecule has 1 aliphatic rings. The van der Waals surface area contributed by atoms with E-state index in [4.69, 9.17) is 10.5 Å². The van der Waals surface area contributed by atoms with Crippen molar-refractivity contribution in [3.63, 3.8) is 0 Å². The summed E-state index contributed by atoms with van der Waals surface area (Å²) in [4.78, 5) is 18.2. The third-order valence-corrected chi connectivity index (χ3v) is 3.93. The Kier molecular flexibility index (Phi) is 4.79. The number of rotatable bonds is 7. The number of nitrogen functional groups attached to an aromatic ring is 1. The zero-order chi connectivity index (χ0) is 14.7. The first-order valence-corrected chi connectivity index (χ1v) is 7.28. The molecular weight excluding hydrogens is 280 g/mol. The first-order valence-electron chi connectivity index (χ1n) is 6.46. The van der Waals surface area contributed by atoms with Crippen LogP contribution in [0.25, 0.3) is 0 Å². The van der Waals surface area contributed by atoms with Crippen molar-refractivity contribution in [2.75, 3.05) is 38.4 Å². The van der Waals surface area contributed by atoms with Crippen LogP contribution in [0.4, 0.5) is 10.9 Å². The van der Waals surface area contributed by atoms with Gasteiger partial charge in [0.15, 0.2) is 5.13 Å². The summed E-state index contributed by atoms with van der Waals surface area (Å²) in [6, 6.07) is 0.463. The van der Waals surface area contributed by atoms with Gasteiger partial charge in [-0.3, -0.25) is 4.79 Å². The minimum atomic E-state index is -0.716. The van der Waals surface area contributed by atoms with Crippen molar-refractivity contribution in [3.05, 3.63) is 4.88 Å². The highest BCUT2D eigenvalue weighted by molar-refractivity contribution is 7.18. The number of methoxy groups -OCH3 is 1. The van der Waals surface area contributed by atoms with E-state index >= 15 is 0 Å². The van der Waals surface area contributed by atoms with Crippen molar-refractivity contribution in [1.82, 2.24) is 9.88 Å². The standard InChI is InChI=1S/C12H20N4O3S/c1-16(5-8(17)6-19-2)11(18)9-10(13)15-12(20-9)14-7-3-4-7/h7-8,17H,3-6,13H2,1-2H3,(H,14,15). The van der Waals surface area contributed by atoms with Gasteiger partial charge in [0.25, 0.3) is 5.91 Å². The molecule has 1 atom stereocenters. The Morgan fingerprint density at radius 1 is 1.70 bits per heavy atom. The number of carbonyl (C=O) groups is 1. The van der Waals surface area contributed by atoms with Gasteiger partial charge in [0.05, 0.1) is 12.7 Å². The fourth-order valence-corrected chi connectivity index (χ4v) is 2.72. The van der Waals surface area contributed by atoms with Gasteiger partial charge in [0.2, 0.25) is 0 Å². The number of hydrogen-bond acceptors (Lipinski definition) is 7.